The normalized spacial score (nSPS) is 21.5. The van der Waals surface area contributed by atoms with Gasteiger partial charge in [-0.05, 0) is 51.3 Å². The molecule has 1 unspecified atom stereocenters. The van der Waals surface area contributed by atoms with Crippen molar-refractivity contribution >= 4 is 11.7 Å². The summed E-state index contributed by atoms with van der Waals surface area (Å²) in [6, 6.07) is 2.28. The van der Waals surface area contributed by atoms with Gasteiger partial charge >= 0.3 is 0 Å². The number of likely N-dealkylation sites (tertiary alicyclic amines) is 1. The Morgan fingerprint density at radius 2 is 2.25 bits per heavy atom. The lowest BCUT2D eigenvalue weighted by atomic mass is 9.96. The minimum absolute atomic E-state index is 0.0805. The van der Waals surface area contributed by atoms with Crippen LogP contribution in [0.5, 0.6) is 0 Å². The molecule has 1 amide bonds. The topological polar surface area (TPSA) is 64.3 Å². The number of H-pyrrole nitrogens is 1. The first-order valence-electron chi connectivity index (χ1n) is 10.4. The van der Waals surface area contributed by atoms with Gasteiger partial charge in [-0.1, -0.05) is 24.3 Å². The summed E-state index contributed by atoms with van der Waals surface area (Å²) in [5, 5.41) is 9.54. The summed E-state index contributed by atoms with van der Waals surface area (Å²) in [7, 11) is 2.19. The molecule has 1 saturated heterocycles. The maximum absolute atomic E-state index is 12.3. The molecule has 6 heteroatoms. The number of aromatic nitrogens is 2. The van der Waals surface area contributed by atoms with Gasteiger partial charge in [0.2, 0.25) is 5.91 Å². The van der Waals surface area contributed by atoms with E-state index in [1.165, 1.54) is 5.70 Å². The van der Waals surface area contributed by atoms with E-state index >= 15 is 0 Å². The van der Waals surface area contributed by atoms with Gasteiger partial charge in [0, 0.05) is 44.2 Å². The predicted octanol–water partition coefficient (Wildman–Crippen LogP) is 3.56. The van der Waals surface area contributed by atoms with Crippen molar-refractivity contribution in [2.24, 2.45) is 5.92 Å². The average molecular weight is 384 g/mol. The van der Waals surface area contributed by atoms with Crippen molar-refractivity contribution in [2.45, 2.75) is 45.1 Å². The molecule has 1 aliphatic heterocycles. The van der Waals surface area contributed by atoms with Crippen LogP contribution in [0.15, 0.2) is 48.3 Å². The van der Waals surface area contributed by atoms with Crippen molar-refractivity contribution < 1.29 is 4.79 Å². The molecule has 0 saturated carbocycles. The predicted molar refractivity (Wildman–Crippen MR) is 114 cm³/mol. The van der Waals surface area contributed by atoms with Gasteiger partial charge in [-0.3, -0.25) is 14.8 Å². The van der Waals surface area contributed by atoms with Gasteiger partial charge in [0.25, 0.3) is 0 Å². The molecule has 2 N–H and O–H groups in total. The van der Waals surface area contributed by atoms with E-state index in [0.29, 0.717) is 24.2 Å². The molecule has 0 aromatic carbocycles. The lowest BCUT2D eigenvalue weighted by Crippen LogP contribution is -2.41. The van der Waals surface area contributed by atoms with E-state index < -0.39 is 0 Å². The van der Waals surface area contributed by atoms with Gasteiger partial charge in [-0.2, -0.15) is 5.10 Å². The first-order chi connectivity index (χ1) is 13.6. The highest BCUT2D eigenvalue weighted by Crippen LogP contribution is 2.23. The van der Waals surface area contributed by atoms with Crippen LogP contribution in [-0.4, -0.2) is 58.6 Å². The lowest BCUT2D eigenvalue weighted by Gasteiger charge is -2.33. The molecule has 0 bridgehead atoms. The summed E-state index contributed by atoms with van der Waals surface area (Å²) in [5.74, 6) is 1.21. The molecular formula is C22H33N5O. The smallest absolute Gasteiger partial charge is 0.225 e. The molecule has 2 heterocycles. The van der Waals surface area contributed by atoms with Crippen LogP contribution in [0.4, 0.5) is 5.82 Å². The molecule has 2 atom stereocenters. The highest BCUT2D eigenvalue weighted by molar-refractivity contribution is 5.89. The lowest BCUT2D eigenvalue weighted by molar-refractivity contribution is -0.117. The zero-order valence-electron chi connectivity index (χ0n) is 17.1. The van der Waals surface area contributed by atoms with Crippen LogP contribution in [-0.2, 0) is 4.79 Å². The average Bonchev–Trinajstić information content (AvgIpc) is 2.91. The molecule has 3 rings (SSSR count). The maximum atomic E-state index is 12.3. The molecule has 152 valence electrons. The molecule has 1 fully saturated rings. The van der Waals surface area contributed by atoms with Crippen LogP contribution in [0.25, 0.3) is 0 Å². The third kappa shape index (κ3) is 6.09. The second-order valence-electron chi connectivity index (χ2n) is 7.96. The van der Waals surface area contributed by atoms with Crippen LogP contribution in [0.2, 0.25) is 0 Å². The second kappa shape index (κ2) is 10.3. The Balaban J connectivity index is 1.44. The molecular weight excluding hydrogens is 350 g/mol. The van der Waals surface area contributed by atoms with Crippen LogP contribution in [0, 0.1) is 5.92 Å². The Labute approximate surface area is 168 Å². The number of aromatic amines is 1. The van der Waals surface area contributed by atoms with Gasteiger partial charge in [0.1, 0.15) is 5.82 Å². The summed E-state index contributed by atoms with van der Waals surface area (Å²) in [4.78, 5) is 17.2. The fourth-order valence-corrected chi connectivity index (χ4v) is 4.10. The number of carbonyl (C=O) groups excluding carboxylic acids is 1. The van der Waals surface area contributed by atoms with E-state index in [-0.39, 0.29) is 5.91 Å². The fourth-order valence-electron chi connectivity index (χ4n) is 4.10. The number of hydrogen-bond donors (Lipinski definition) is 2. The van der Waals surface area contributed by atoms with Crippen LogP contribution in [0.3, 0.4) is 0 Å². The SMILES string of the molecule is C[C@H](CN(C)C1=CC=CC=CC1)N1CCCC(CC(=O)Nc2ccn[nH]2)CC1. The summed E-state index contributed by atoms with van der Waals surface area (Å²) in [6.07, 6.45) is 17.3. The van der Waals surface area contributed by atoms with Gasteiger partial charge in [-0.15, -0.1) is 0 Å². The molecule has 1 aliphatic carbocycles. The molecule has 0 spiro atoms. The summed E-state index contributed by atoms with van der Waals surface area (Å²) < 4.78 is 0. The summed E-state index contributed by atoms with van der Waals surface area (Å²) in [5.41, 5.74) is 1.36. The first kappa shape index (κ1) is 20.4. The number of anilines is 1. The van der Waals surface area contributed by atoms with Crippen molar-refractivity contribution in [3.05, 3.63) is 48.3 Å². The number of hydrogen-bond acceptors (Lipinski definition) is 4. The first-order valence-corrected chi connectivity index (χ1v) is 10.4. The largest absolute Gasteiger partial charge is 0.376 e. The Hall–Kier alpha value is -2.34. The van der Waals surface area contributed by atoms with Crippen LogP contribution < -0.4 is 5.32 Å². The zero-order valence-corrected chi connectivity index (χ0v) is 17.1. The molecule has 1 aromatic heterocycles. The number of likely N-dealkylation sites (N-methyl/N-ethyl adjacent to an activating group) is 1. The minimum atomic E-state index is 0.0805. The highest BCUT2D eigenvalue weighted by Gasteiger charge is 2.23. The molecule has 1 aromatic rings. The maximum Gasteiger partial charge on any atom is 0.225 e. The quantitative estimate of drug-likeness (QED) is 0.756. The molecule has 28 heavy (non-hydrogen) atoms. The van der Waals surface area contributed by atoms with Crippen molar-refractivity contribution in [1.82, 2.24) is 20.0 Å². The number of carbonyl (C=O) groups is 1. The third-order valence-electron chi connectivity index (χ3n) is 5.76. The van der Waals surface area contributed by atoms with Crippen molar-refractivity contribution in [3.8, 4) is 0 Å². The Morgan fingerprint density at radius 3 is 3.07 bits per heavy atom. The highest BCUT2D eigenvalue weighted by atomic mass is 16.1. The van der Waals surface area contributed by atoms with E-state index in [1.807, 2.05) is 0 Å². The number of allylic oxidation sites excluding steroid dienone is 5. The van der Waals surface area contributed by atoms with E-state index in [4.69, 9.17) is 0 Å². The van der Waals surface area contributed by atoms with Crippen molar-refractivity contribution in [1.29, 1.82) is 0 Å². The second-order valence-corrected chi connectivity index (χ2v) is 7.96. The number of nitrogens with zero attached hydrogens (tertiary/aromatic N) is 3. The number of rotatable bonds is 7. The van der Waals surface area contributed by atoms with Crippen molar-refractivity contribution in [2.75, 3.05) is 32.0 Å². The Kier molecular flexibility index (Phi) is 7.48. The van der Waals surface area contributed by atoms with Crippen LogP contribution in [0.1, 0.15) is 39.0 Å². The monoisotopic (exact) mass is 383 g/mol. The summed E-state index contributed by atoms with van der Waals surface area (Å²) >= 11 is 0. The van der Waals surface area contributed by atoms with E-state index in [9.17, 15) is 4.79 Å². The van der Waals surface area contributed by atoms with Gasteiger partial charge < -0.3 is 10.2 Å². The molecule has 2 aliphatic rings. The number of nitrogens with one attached hydrogen (secondary N) is 2. The number of amides is 1. The Bertz CT molecular complexity index is 707. The van der Waals surface area contributed by atoms with E-state index in [1.54, 1.807) is 12.3 Å². The molecule has 0 radical (unpaired) electrons. The van der Waals surface area contributed by atoms with E-state index in [2.05, 4.69) is 69.7 Å². The van der Waals surface area contributed by atoms with Crippen LogP contribution >= 0.6 is 0 Å². The fraction of sp³-hybridized carbons (Fsp3) is 0.545. The van der Waals surface area contributed by atoms with Gasteiger partial charge in [-0.25, -0.2) is 0 Å². The molecule has 6 nitrogen and oxygen atoms in total. The third-order valence-corrected chi connectivity index (χ3v) is 5.76. The minimum Gasteiger partial charge on any atom is -0.376 e. The van der Waals surface area contributed by atoms with Gasteiger partial charge in [0.05, 0.1) is 6.20 Å². The standard InChI is InChI=1S/C22H33N5O/c1-18(17-26(2)20-9-5-3-4-6-10-20)27-14-7-8-19(12-15-27)16-22(28)24-21-11-13-23-25-21/h3-6,9,11,13,18-19H,7-8,10,12,14-17H2,1-2H3,(H2,23,24,25,28)/t18-,19?/m1/s1. The summed E-state index contributed by atoms with van der Waals surface area (Å²) in [6.45, 7) is 5.53. The van der Waals surface area contributed by atoms with E-state index in [0.717, 1.165) is 45.3 Å². The van der Waals surface area contributed by atoms with Gasteiger partial charge in [0.15, 0.2) is 0 Å². The zero-order chi connectivity index (χ0) is 19.8. The van der Waals surface area contributed by atoms with Crippen molar-refractivity contribution in [3.63, 3.8) is 0 Å². The Morgan fingerprint density at radius 1 is 1.36 bits per heavy atom.